The number of hydrogen-bond acceptors (Lipinski definition) is 4. The Bertz CT molecular complexity index is 1230. The molecule has 156 valence electrons. The Morgan fingerprint density at radius 2 is 1.74 bits per heavy atom. The molecular weight excluding hydrogens is 458 g/mol. The summed E-state index contributed by atoms with van der Waals surface area (Å²) in [4.78, 5) is 12.4. The summed E-state index contributed by atoms with van der Waals surface area (Å²) in [5.41, 5.74) is 1.97. The van der Waals surface area contributed by atoms with Crippen molar-refractivity contribution >= 4 is 46.6 Å². The van der Waals surface area contributed by atoms with Gasteiger partial charge in [0.2, 0.25) is 5.91 Å². The van der Waals surface area contributed by atoms with E-state index in [2.05, 4.69) is 15.5 Å². The van der Waals surface area contributed by atoms with Crippen LogP contribution in [-0.2, 0) is 4.79 Å². The van der Waals surface area contributed by atoms with E-state index in [1.807, 2.05) is 28.8 Å². The summed E-state index contributed by atoms with van der Waals surface area (Å²) in [5, 5.41) is 13.0. The van der Waals surface area contributed by atoms with Gasteiger partial charge in [0.1, 0.15) is 5.82 Å². The van der Waals surface area contributed by atoms with Gasteiger partial charge in [-0.1, -0.05) is 53.2 Å². The number of halogens is 3. The lowest BCUT2D eigenvalue weighted by Gasteiger charge is -2.11. The molecule has 9 heteroatoms. The third kappa shape index (κ3) is 5.25. The van der Waals surface area contributed by atoms with Crippen LogP contribution in [-0.4, -0.2) is 26.4 Å². The SMILES string of the molecule is O=C(CSc1nnc(-c2cccc(Cl)c2)n1-c1ccc(Cl)cc1)Nc1cccc(F)c1. The summed E-state index contributed by atoms with van der Waals surface area (Å²) in [6.07, 6.45) is 0. The van der Waals surface area contributed by atoms with Gasteiger partial charge in [-0.05, 0) is 54.6 Å². The number of anilines is 1. The van der Waals surface area contributed by atoms with Gasteiger partial charge in [-0.25, -0.2) is 4.39 Å². The number of amides is 1. The zero-order valence-electron chi connectivity index (χ0n) is 15.9. The van der Waals surface area contributed by atoms with E-state index >= 15 is 0 Å². The second-order valence-electron chi connectivity index (χ2n) is 6.48. The number of nitrogens with zero attached hydrogens (tertiary/aromatic N) is 3. The molecule has 5 nitrogen and oxygen atoms in total. The largest absolute Gasteiger partial charge is 0.325 e. The molecule has 0 spiro atoms. The molecule has 1 amide bonds. The van der Waals surface area contributed by atoms with E-state index < -0.39 is 5.82 Å². The van der Waals surface area contributed by atoms with Crippen LogP contribution in [0.25, 0.3) is 17.1 Å². The van der Waals surface area contributed by atoms with Crippen LogP contribution in [0.2, 0.25) is 10.0 Å². The molecule has 31 heavy (non-hydrogen) atoms. The topological polar surface area (TPSA) is 59.8 Å². The molecule has 1 N–H and O–H groups in total. The zero-order valence-corrected chi connectivity index (χ0v) is 18.3. The normalized spacial score (nSPS) is 10.8. The predicted molar refractivity (Wildman–Crippen MR) is 123 cm³/mol. The summed E-state index contributed by atoms with van der Waals surface area (Å²) in [5.74, 6) is -0.0554. The number of rotatable bonds is 6. The monoisotopic (exact) mass is 472 g/mol. The average Bonchev–Trinajstić information content (AvgIpc) is 3.17. The highest BCUT2D eigenvalue weighted by Crippen LogP contribution is 2.30. The molecule has 1 aromatic heterocycles. The average molecular weight is 473 g/mol. The fourth-order valence-corrected chi connectivity index (χ4v) is 3.96. The van der Waals surface area contributed by atoms with Crippen LogP contribution in [0.4, 0.5) is 10.1 Å². The van der Waals surface area contributed by atoms with E-state index in [4.69, 9.17) is 23.2 Å². The van der Waals surface area contributed by atoms with Gasteiger partial charge in [-0.3, -0.25) is 9.36 Å². The van der Waals surface area contributed by atoms with E-state index in [-0.39, 0.29) is 11.7 Å². The van der Waals surface area contributed by atoms with Crippen LogP contribution >= 0.6 is 35.0 Å². The molecule has 3 aromatic carbocycles. The number of nitrogens with one attached hydrogen (secondary N) is 1. The molecule has 0 aliphatic heterocycles. The number of hydrogen-bond donors (Lipinski definition) is 1. The molecule has 0 aliphatic rings. The lowest BCUT2D eigenvalue weighted by Crippen LogP contribution is -2.14. The molecule has 0 fully saturated rings. The van der Waals surface area contributed by atoms with Crippen molar-refractivity contribution in [3.05, 3.63) is 88.7 Å². The Morgan fingerprint density at radius 1 is 0.968 bits per heavy atom. The zero-order chi connectivity index (χ0) is 21.8. The molecule has 4 aromatic rings. The Labute approximate surface area is 192 Å². The second-order valence-corrected chi connectivity index (χ2v) is 8.29. The van der Waals surface area contributed by atoms with Crippen LogP contribution in [0, 0.1) is 5.82 Å². The maximum Gasteiger partial charge on any atom is 0.234 e. The Hall–Kier alpha value is -2.87. The number of thioether (sulfide) groups is 1. The first-order valence-corrected chi connectivity index (χ1v) is 10.9. The fourth-order valence-electron chi connectivity index (χ4n) is 2.89. The van der Waals surface area contributed by atoms with Gasteiger partial charge in [0, 0.05) is 27.0 Å². The Balaban J connectivity index is 1.61. The predicted octanol–water partition coefficient (Wildman–Crippen LogP) is 6.11. The third-order valence-electron chi connectivity index (χ3n) is 4.24. The van der Waals surface area contributed by atoms with Crippen LogP contribution in [0.1, 0.15) is 0 Å². The lowest BCUT2D eigenvalue weighted by molar-refractivity contribution is -0.113. The van der Waals surface area contributed by atoms with Crippen molar-refractivity contribution in [2.24, 2.45) is 0 Å². The molecular formula is C22H15Cl2FN4OS. The van der Waals surface area contributed by atoms with Crippen molar-refractivity contribution in [1.82, 2.24) is 14.8 Å². The Morgan fingerprint density at radius 3 is 2.48 bits per heavy atom. The standard InChI is InChI=1S/C22H15Cl2FN4OS/c23-15-7-9-19(10-8-15)29-21(14-3-1-4-16(24)11-14)27-28-22(29)31-13-20(30)26-18-6-2-5-17(25)12-18/h1-12H,13H2,(H,26,30). The molecule has 0 unspecified atom stereocenters. The van der Waals surface area contributed by atoms with E-state index in [9.17, 15) is 9.18 Å². The van der Waals surface area contributed by atoms with Crippen molar-refractivity contribution in [1.29, 1.82) is 0 Å². The van der Waals surface area contributed by atoms with E-state index in [1.165, 1.54) is 30.0 Å². The first-order chi connectivity index (χ1) is 15.0. The molecule has 0 aliphatic carbocycles. The van der Waals surface area contributed by atoms with Crippen molar-refractivity contribution < 1.29 is 9.18 Å². The van der Waals surface area contributed by atoms with Crippen molar-refractivity contribution in [2.45, 2.75) is 5.16 Å². The van der Waals surface area contributed by atoms with E-state index in [1.54, 1.807) is 30.3 Å². The number of carbonyl (C=O) groups excluding carboxylic acids is 1. The summed E-state index contributed by atoms with van der Waals surface area (Å²) in [6.45, 7) is 0. The molecule has 0 saturated carbocycles. The smallest absolute Gasteiger partial charge is 0.234 e. The van der Waals surface area contributed by atoms with Crippen LogP contribution in [0.5, 0.6) is 0 Å². The minimum atomic E-state index is -0.418. The minimum Gasteiger partial charge on any atom is -0.325 e. The van der Waals surface area contributed by atoms with E-state index in [0.717, 1.165) is 11.3 Å². The molecule has 0 bridgehead atoms. The fraction of sp³-hybridized carbons (Fsp3) is 0.0455. The van der Waals surface area contributed by atoms with Gasteiger partial charge < -0.3 is 5.32 Å². The summed E-state index contributed by atoms with van der Waals surface area (Å²) in [6, 6.07) is 20.2. The number of benzene rings is 3. The van der Waals surface area contributed by atoms with Gasteiger partial charge in [0.25, 0.3) is 0 Å². The summed E-state index contributed by atoms with van der Waals surface area (Å²) >= 11 is 13.4. The van der Waals surface area contributed by atoms with Gasteiger partial charge in [-0.15, -0.1) is 10.2 Å². The van der Waals surface area contributed by atoms with Crippen LogP contribution in [0.15, 0.2) is 78.0 Å². The van der Waals surface area contributed by atoms with Gasteiger partial charge >= 0.3 is 0 Å². The van der Waals surface area contributed by atoms with Crippen molar-refractivity contribution in [2.75, 3.05) is 11.1 Å². The minimum absolute atomic E-state index is 0.0672. The molecule has 1 heterocycles. The highest BCUT2D eigenvalue weighted by molar-refractivity contribution is 7.99. The van der Waals surface area contributed by atoms with Gasteiger partial charge in [0.05, 0.1) is 5.75 Å². The van der Waals surface area contributed by atoms with Gasteiger partial charge in [-0.2, -0.15) is 0 Å². The van der Waals surface area contributed by atoms with E-state index in [0.29, 0.717) is 26.7 Å². The molecule has 0 saturated heterocycles. The number of carbonyl (C=O) groups is 1. The summed E-state index contributed by atoms with van der Waals surface area (Å²) in [7, 11) is 0. The molecule has 0 radical (unpaired) electrons. The Kier molecular flexibility index (Phi) is 6.56. The molecule has 0 atom stereocenters. The summed E-state index contributed by atoms with van der Waals surface area (Å²) < 4.78 is 15.2. The lowest BCUT2D eigenvalue weighted by atomic mass is 10.2. The highest BCUT2D eigenvalue weighted by Gasteiger charge is 2.18. The first-order valence-electron chi connectivity index (χ1n) is 9.15. The van der Waals surface area contributed by atoms with Crippen molar-refractivity contribution in [3.8, 4) is 17.1 Å². The quantitative estimate of drug-likeness (QED) is 0.343. The first kappa shape index (κ1) is 21.4. The maximum atomic E-state index is 13.3. The molecule has 4 rings (SSSR count). The highest BCUT2D eigenvalue weighted by atomic mass is 35.5. The van der Waals surface area contributed by atoms with Crippen LogP contribution < -0.4 is 5.32 Å². The third-order valence-corrected chi connectivity index (χ3v) is 5.66. The maximum absolute atomic E-state index is 13.3. The second kappa shape index (κ2) is 9.51. The number of aromatic nitrogens is 3. The van der Waals surface area contributed by atoms with Crippen molar-refractivity contribution in [3.63, 3.8) is 0 Å². The van der Waals surface area contributed by atoms with Gasteiger partial charge in [0.15, 0.2) is 11.0 Å². The van der Waals surface area contributed by atoms with Crippen LogP contribution in [0.3, 0.4) is 0 Å².